The summed E-state index contributed by atoms with van der Waals surface area (Å²) in [7, 11) is 1.54. The Kier molecular flexibility index (Phi) is 4.15. The molecule has 5 heteroatoms. The number of nitrogen functional groups attached to an aromatic ring is 1. The fraction of sp³-hybridized carbons (Fsp3) is 0.133. The van der Waals surface area contributed by atoms with Crippen molar-refractivity contribution in [1.82, 2.24) is 0 Å². The first-order chi connectivity index (χ1) is 9.52. The van der Waals surface area contributed by atoms with E-state index in [1.54, 1.807) is 50.4 Å². The lowest BCUT2D eigenvalue weighted by Crippen LogP contribution is -2.13. The van der Waals surface area contributed by atoms with Gasteiger partial charge >= 0.3 is 0 Å². The van der Waals surface area contributed by atoms with Crippen molar-refractivity contribution < 1.29 is 9.53 Å². The average Bonchev–Trinajstić information content (AvgIpc) is 2.42. The first-order valence-corrected chi connectivity index (χ1v) is 6.40. The fourth-order valence-corrected chi connectivity index (χ4v) is 2.04. The average molecular weight is 291 g/mol. The van der Waals surface area contributed by atoms with E-state index in [1.807, 2.05) is 0 Å². The van der Waals surface area contributed by atoms with Gasteiger partial charge in [-0.15, -0.1) is 0 Å². The number of benzene rings is 2. The highest BCUT2D eigenvalue weighted by molar-refractivity contribution is 6.32. The Balaban J connectivity index is 2.24. The van der Waals surface area contributed by atoms with Crippen molar-refractivity contribution in [3.63, 3.8) is 0 Å². The molecule has 0 aliphatic rings. The van der Waals surface area contributed by atoms with E-state index in [4.69, 9.17) is 22.1 Å². The van der Waals surface area contributed by atoms with Gasteiger partial charge in [-0.25, -0.2) is 0 Å². The van der Waals surface area contributed by atoms with Gasteiger partial charge in [-0.2, -0.15) is 0 Å². The molecule has 0 aliphatic carbocycles. The summed E-state index contributed by atoms with van der Waals surface area (Å²) in [5, 5.41) is 3.35. The number of methoxy groups -OCH3 is 1. The van der Waals surface area contributed by atoms with E-state index >= 15 is 0 Å². The number of ether oxygens (including phenoxy) is 1. The molecule has 0 bridgehead atoms. The van der Waals surface area contributed by atoms with E-state index in [9.17, 15) is 4.79 Å². The van der Waals surface area contributed by atoms with Gasteiger partial charge in [0.25, 0.3) is 5.91 Å². The van der Waals surface area contributed by atoms with Crippen LogP contribution in [0.15, 0.2) is 36.4 Å². The molecule has 0 fully saturated rings. The van der Waals surface area contributed by atoms with Crippen LogP contribution in [0.5, 0.6) is 5.75 Å². The number of rotatable bonds is 3. The first kappa shape index (κ1) is 14.2. The second-order valence-electron chi connectivity index (χ2n) is 4.32. The first-order valence-electron chi connectivity index (χ1n) is 6.03. The zero-order chi connectivity index (χ0) is 14.7. The fourth-order valence-electron chi connectivity index (χ4n) is 1.86. The van der Waals surface area contributed by atoms with Gasteiger partial charge in [0.2, 0.25) is 0 Å². The maximum atomic E-state index is 12.2. The Bertz CT molecular complexity index is 656. The minimum atomic E-state index is -0.227. The summed E-state index contributed by atoms with van der Waals surface area (Å²) in [6.07, 6.45) is 0. The molecule has 4 nitrogen and oxygen atoms in total. The third-order valence-electron chi connectivity index (χ3n) is 3.00. The minimum absolute atomic E-state index is 0.227. The van der Waals surface area contributed by atoms with Gasteiger partial charge in [0.1, 0.15) is 5.75 Å². The molecular weight excluding hydrogens is 276 g/mol. The zero-order valence-electron chi connectivity index (χ0n) is 11.2. The number of anilines is 2. The maximum Gasteiger partial charge on any atom is 0.255 e. The molecule has 0 saturated heterocycles. The molecule has 0 aliphatic heterocycles. The predicted octanol–water partition coefficient (Wildman–Crippen LogP) is 3.49. The smallest absolute Gasteiger partial charge is 0.255 e. The Hall–Kier alpha value is -2.20. The molecule has 2 aromatic rings. The molecule has 20 heavy (non-hydrogen) atoms. The topological polar surface area (TPSA) is 64.3 Å². The molecule has 2 aromatic carbocycles. The number of nitrogens with one attached hydrogen (secondary N) is 1. The van der Waals surface area contributed by atoms with Crippen LogP contribution >= 0.6 is 11.6 Å². The molecule has 0 aromatic heterocycles. The van der Waals surface area contributed by atoms with Crippen LogP contribution in [0.3, 0.4) is 0 Å². The van der Waals surface area contributed by atoms with E-state index in [0.717, 1.165) is 5.56 Å². The number of halogens is 1. The van der Waals surface area contributed by atoms with Crippen LogP contribution in [-0.4, -0.2) is 13.0 Å². The maximum absolute atomic E-state index is 12.2. The molecule has 0 heterocycles. The lowest BCUT2D eigenvalue weighted by molar-refractivity contribution is 0.102. The highest BCUT2D eigenvalue weighted by Gasteiger charge is 2.11. The van der Waals surface area contributed by atoms with Gasteiger partial charge in [-0.3, -0.25) is 4.79 Å². The lowest BCUT2D eigenvalue weighted by Gasteiger charge is -2.10. The molecular formula is C15H15ClN2O2. The van der Waals surface area contributed by atoms with E-state index in [2.05, 4.69) is 5.32 Å². The van der Waals surface area contributed by atoms with Gasteiger partial charge in [0.15, 0.2) is 0 Å². The molecule has 3 N–H and O–H groups in total. The third kappa shape index (κ3) is 2.86. The van der Waals surface area contributed by atoms with E-state index in [1.165, 1.54) is 0 Å². The quantitative estimate of drug-likeness (QED) is 0.851. The van der Waals surface area contributed by atoms with Crippen molar-refractivity contribution >= 4 is 28.9 Å². The van der Waals surface area contributed by atoms with Crippen molar-refractivity contribution in [3.8, 4) is 5.75 Å². The summed E-state index contributed by atoms with van der Waals surface area (Å²) < 4.78 is 5.07. The molecule has 1 amide bonds. The van der Waals surface area contributed by atoms with Crippen molar-refractivity contribution in [3.05, 3.63) is 52.5 Å². The molecule has 2 rings (SSSR count). The number of amides is 1. The monoisotopic (exact) mass is 290 g/mol. The molecule has 0 radical (unpaired) electrons. The van der Waals surface area contributed by atoms with Crippen molar-refractivity contribution in [1.29, 1.82) is 0 Å². The summed E-state index contributed by atoms with van der Waals surface area (Å²) in [6, 6.07) is 10.3. The number of hydrogen-bond acceptors (Lipinski definition) is 3. The van der Waals surface area contributed by atoms with Gasteiger partial charge in [-0.05, 0) is 42.8 Å². The Labute approximate surface area is 122 Å². The van der Waals surface area contributed by atoms with Crippen molar-refractivity contribution in [2.24, 2.45) is 0 Å². The lowest BCUT2D eigenvalue weighted by atomic mass is 10.1. The number of nitrogens with two attached hydrogens (primary N) is 1. The Morgan fingerprint density at radius 3 is 2.70 bits per heavy atom. The van der Waals surface area contributed by atoms with E-state index in [-0.39, 0.29) is 5.91 Å². The third-order valence-corrected chi connectivity index (χ3v) is 3.41. The van der Waals surface area contributed by atoms with Gasteiger partial charge in [-0.1, -0.05) is 17.7 Å². The zero-order valence-corrected chi connectivity index (χ0v) is 12.0. The normalized spacial score (nSPS) is 10.2. The van der Waals surface area contributed by atoms with Gasteiger partial charge in [0, 0.05) is 16.3 Å². The molecule has 0 spiro atoms. The summed E-state index contributed by atoms with van der Waals surface area (Å²) in [4.78, 5) is 12.2. The largest absolute Gasteiger partial charge is 0.495 e. The number of carbonyl (C=O) groups excluding carboxylic acids is 1. The summed E-state index contributed by atoms with van der Waals surface area (Å²) in [5.74, 6) is 0.344. The summed E-state index contributed by atoms with van der Waals surface area (Å²) in [6.45, 7) is 1.81. The van der Waals surface area contributed by atoms with Crippen LogP contribution in [0.25, 0.3) is 0 Å². The number of hydrogen-bond donors (Lipinski definition) is 2. The standard InChI is InChI=1S/C15H15ClN2O2/c1-9-11(4-3-5-12(9)16)15(19)18-10-6-7-14(20-2)13(17)8-10/h3-8H,17H2,1-2H3,(H,18,19). The van der Waals surface area contributed by atoms with E-state index < -0.39 is 0 Å². The highest BCUT2D eigenvalue weighted by Crippen LogP contribution is 2.25. The van der Waals surface area contributed by atoms with Crippen LogP contribution in [0.2, 0.25) is 5.02 Å². The van der Waals surface area contributed by atoms with Crippen LogP contribution in [0, 0.1) is 6.92 Å². The molecule has 0 unspecified atom stereocenters. The van der Waals surface area contributed by atoms with E-state index in [0.29, 0.717) is 27.7 Å². The van der Waals surface area contributed by atoms with Gasteiger partial charge < -0.3 is 15.8 Å². The predicted molar refractivity (Wildman–Crippen MR) is 81.5 cm³/mol. The second-order valence-corrected chi connectivity index (χ2v) is 4.73. The van der Waals surface area contributed by atoms with Gasteiger partial charge in [0.05, 0.1) is 12.8 Å². The molecule has 104 valence electrons. The minimum Gasteiger partial charge on any atom is -0.495 e. The summed E-state index contributed by atoms with van der Waals surface area (Å²) >= 11 is 6.01. The van der Waals surface area contributed by atoms with Crippen LogP contribution < -0.4 is 15.8 Å². The second kappa shape index (κ2) is 5.84. The van der Waals surface area contributed by atoms with Crippen molar-refractivity contribution in [2.45, 2.75) is 6.92 Å². The Morgan fingerprint density at radius 1 is 1.30 bits per heavy atom. The molecule has 0 atom stereocenters. The van der Waals surface area contributed by atoms with Crippen LogP contribution in [0.1, 0.15) is 15.9 Å². The number of carbonyl (C=O) groups is 1. The van der Waals surface area contributed by atoms with Crippen molar-refractivity contribution in [2.75, 3.05) is 18.2 Å². The SMILES string of the molecule is COc1ccc(NC(=O)c2cccc(Cl)c2C)cc1N. The van der Waals surface area contributed by atoms with Crippen LogP contribution in [-0.2, 0) is 0 Å². The Morgan fingerprint density at radius 2 is 2.05 bits per heavy atom. The summed E-state index contributed by atoms with van der Waals surface area (Å²) in [5.41, 5.74) is 8.15. The van der Waals surface area contributed by atoms with Crippen LogP contribution in [0.4, 0.5) is 11.4 Å². The highest BCUT2D eigenvalue weighted by atomic mass is 35.5. The molecule has 0 saturated carbocycles.